The fraction of sp³-hybridized carbons (Fsp3) is 0.636. The quantitative estimate of drug-likeness (QED) is 0.802. The number of nitrogens with one attached hydrogen (secondary N) is 1. The molecule has 15 heavy (non-hydrogen) atoms. The molecule has 0 unspecified atom stereocenters. The molecule has 82 valence electrons. The minimum atomic E-state index is 0.610. The van der Waals surface area contributed by atoms with Crippen molar-refractivity contribution < 1.29 is 4.74 Å². The van der Waals surface area contributed by atoms with Gasteiger partial charge >= 0.3 is 0 Å². The van der Waals surface area contributed by atoms with Gasteiger partial charge in [0.1, 0.15) is 11.6 Å². The average Bonchev–Trinajstić information content (AvgIpc) is 3.02. The first-order chi connectivity index (χ1) is 7.31. The lowest BCUT2D eigenvalue weighted by atomic mass is 10.4. The molecule has 0 radical (unpaired) electrons. The molecule has 2 rings (SSSR count). The Labute approximate surface area is 90.1 Å². The van der Waals surface area contributed by atoms with Gasteiger partial charge in [0.2, 0.25) is 5.88 Å². The minimum absolute atomic E-state index is 0.610. The van der Waals surface area contributed by atoms with Crippen molar-refractivity contribution >= 4 is 5.82 Å². The summed E-state index contributed by atoms with van der Waals surface area (Å²) in [5.41, 5.74) is 0. The third kappa shape index (κ3) is 2.81. The lowest BCUT2D eigenvalue weighted by Gasteiger charge is -2.08. The molecule has 1 fully saturated rings. The van der Waals surface area contributed by atoms with Crippen LogP contribution in [0, 0.1) is 0 Å². The molecule has 0 aliphatic heterocycles. The van der Waals surface area contributed by atoms with E-state index in [0.717, 1.165) is 18.1 Å². The SMILES string of the molecule is CCOc1cc(NC2CC2)nc(CC)n1. The molecule has 4 nitrogen and oxygen atoms in total. The Morgan fingerprint density at radius 2 is 2.20 bits per heavy atom. The number of nitrogens with zero attached hydrogens (tertiary/aromatic N) is 2. The molecule has 1 N–H and O–H groups in total. The van der Waals surface area contributed by atoms with E-state index in [4.69, 9.17) is 4.74 Å². The number of anilines is 1. The van der Waals surface area contributed by atoms with Crippen LogP contribution in [0.5, 0.6) is 5.88 Å². The van der Waals surface area contributed by atoms with Crippen LogP contribution in [0.2, 0.25) is 0 Å². The summed E-state index contributed by atoms with van der Waals surface area (Å²) in [5.74, 6) is 2.41. The summed E-state index contributed by atoms with van der Waals surface area (Å²) in [6.07, 6.45) is 3.32. The summed E-state index contributed by atoms with van der Waals surface area (Å²) in [6.45, 7) is 4.65. The monoisotopic (exact) mass is 207 g/mol. The molecular formula is C11H17N3O. The van der Waals surface area contributed by atoms with Crippen LogP contribution < -0.4 is 10.1 Å². The van der Waals surface area contributed by atoms with Gasteiger partial charge in [0.25, 0.3) is 0 Å². The summed E-state index contributed by atoms with van der Waals surface area (Å²) >= 11 is 0. The second kappa shape index (κ2) is 4.47. The van der Waals surface area contributed by atoms with Crippen LogP contribution in [0.1, 0.15) is 32.5 Å². The van der Waals surface area contributed by atoms with E-state index in [1.54, 1.807) is 0 Å². The van der Waals surface area contributed by atoms with Crippen LogP contribution in [0.3, 0.4) is 0 Å². The van der Waals surface area contributed by atoms with Gasteiger partial charge in [-0.25, -0.2) is 4.98 Å². The molecular weight excluding hydrogens is 190 g/mol. The van der Waals surface area contributed by atoms with Gasteiger partial charge < -0.3 is 10.1 Å². The first kappa shape index (κ1) is 10.2. The number of aryl methyl sites for hydroxylation is 1. The first-order valence-electron chi connectivity index (χ1n) is 5.59. The lowest BCUT2D eigenvalue weighted by Crippen LogP contribution is -2.07. The summed E-state index contributed by atoms with van der Waals surface area (Å²) in [7, 11) is 0. The number of aromatic nitrogens is 2. The third-order valence-corrected chi connectivity index (χ3v) is 2.29. The molecule has 4 heteroatoms. The van der Waals surface area contributed by atoms with Gasteiger partial charge in [-0.1, -0.05) is 6.92 Å². The number of ether oxygens (including phenoxy) is 1. The Bertz CT molecular complexity index is 337. The van der Waals surface area contributed by atoms with Crippen molar-refractivity contribution in [2.45, 2.75) is 39.2 Å². The maximum Gasteiger partial charge on any atom is 0.218 e. The van der Waals surface area contributed by atoms with E-state index in [0.29, 0.717) is 18.5 Å². The second-order valence-electron chi connectivity index (χ2n) is 3.71. The molecule has 0 bridgehead atoms. The average molecular weight is 207 g/mol. The molecule has 1 saturated carbocycles. The van der Waals surface area contributed by atoms with Crippen LogP contribution in [-0.4, -0.2) is 22.6 Å². The third-order valence-electron chi connectivity index (χ3n) is 2.29. The van der Waals surface area contributed by atoms with E-state index < -0.39 is 0 Å². The van der Waals surface area contributed by atoms with Crippen LogP contribution in [0.25, 0.3) is 0 Å². The lowest BCUT2D eigenvalue weighted by molar-refractivity contribution is 0.325. The van der Waals surface area contributed by atoms with Crippen LogP contribution in [0.15, 0.2) is 6.07 Å². The topological polar surface area (TPSA) is 47.0 Å². The molecule has 0 amide bonds. The van der Waals surface area contributed by atoms with Crippen LogP contribution in [-0.2, 0) is 6.42 Å². The van der Waals surface area contributed by atoms with Crippen LogP contribution >= 0.6 is 0 Å². The highest BCUT2D eigenvalue weighted by Crippen LogP contribution is 2.25. The van der Waals surface area contributed by atoms with Gasteiger partial charge in [-0.05, 0) is 19.8 Å². The van der Waals surface area contributed by atoms with E-state index >= 15 is 0 Å². The zero-order valence-electron chi connectivity index (χ0n) is 9.29. The molecule has 0 saturated heterocycles. The molecule has 0 atom stereocenters. The van der Waals surface area contributed by atoms with Crippen molar-refractivity contribution in [3.05, 3.63) is 11.9 Å². The Kier molecular flexibility index (Phi) is 3.04. The van der Waals surface area contributed by atoms with Crippen molar-refractivity contribution in [1.29, 1.82) is 0 Å². The molecule has 0 spiro atoms. The largest absolute Gasteiger partial charge is 0.478 e. The van der Waals surface area contributed by atoms with Gasteiger partial charge in [0.15, 0.2) is 0 Å². The highest BCUT2D eigenvalue weighted by molar-refractivity contribution is 5.40. The summed E-state index contributed by atoms with van der Waals surface area (Å²) in [5, 5.41) is 3.36. The highest BCUT2D eigenvalue weighted by Gasteiger charge is 2.21. The standard InChI is InChI=1S/C11H17N3O/c1-3-9-13-10(12-8-5-6-8)7-11(14-9)15-4-2/h7-8H,3-6H2,1-2H3,(H,12,13,14). The number of hydrogen-bond donors (Lipinski definition) is 1. The normalized spacial score (nSPS) is 15.1. The van der Waals surface area contributed by atoms with Crippen LogP contribution in [0.4, 0.5) is 5.82 Å². The fourth-order valence-electron chi connectivity index (χ4n) is 1.36. The molecule has 1 aromatic heterocycles. The summed E-state index contributed by atoms with van der Waals surface area (Å²) in [4.78, 5) is 8.71. The Hall–Kier alpha value is -1.32. The predicted molar refractivity (Wildman–Crippen MR) is 59.2 cm³/mol. The zero-order chi connectivity index (χ0) is 10.7. The summed E-state index contributed by atoms with van der Waals surface area (Å²) in [6, 6.07) is 2.49. The van der Waals surface area contributed by atoms with Gasteiger partial charge in [0, 0.05) is 18.5 Å². The van der Waals surface area contributed by atoms with Crippen molar-refractivity contribution in [1.82, 2.24) is 9.97 Å². The van der Waals surface area contributed by atoms with Crippen molar-refractivity contribution in [2.75, 3.05) is 11.9 Å². The molecule has 1 aliphatic carbocycles. The van der Waals surface area contributed by atoms with E-state index in [-0.39, 0.29) is 0 Å². The summed E-state index contributed by atoms with van der Waals surface area (Å²) < 4.78 is 5.40. The zero-order valence-corrected chi connectivity index (χ0v) is 9.29. The van der Waals surface area contributed by atoms with E-state index in [1.807, 2.05) is 19.9 Å². The van der Waals surface area contributed by atoms with Gasteiger partial charge in [-0.3, -0.25) is 0 Å². The van der Waals surface area contributed by atoms with Crippen molar-refractivity contribution in [2.24, 2.45) is 0 Å². The smallest absolute Gasteiger partial charge is 0.218 e. The molecule has 1 heterocycles. The maximum absolute atomic E-state index is 5.40. The minimum Gasteiger partial charge on any atom is -0.478 e. The Morgan fingerprint density at radius 1 is 1.40 bits per heavy atom. The van der Waals surface area contributed by atoms with Gasteiger partial charge in [-0.2, -0.15) is 4.98 Å². The Morgan fingerprint density at radius 3 is 2.80 bits per heavy atom. The number of hydrogen-bond acceptors (Lipinski definition) is 4. The molecule has 1 aromatic rings. The molecule has 1 aliphatic rings. The van der Waals surface area contributed by atoms with Gasteiger partial charge in [0.05, 0.1) is 6.61 Å². The fourth-order valence-corrected chi connectivity index (χ4v) is 1.36. The van der Waals surface area contributed by atoms with E-state index in [2.05, 4.69) is 15.3 Å². The highest BCUT2D eigenvalue weighted by atomic mass is 16.5. The van der Waals surface area contributed by atoms with Crippen molar-refractivity contribution in [3.8, 4) is 5.88 Å². The maximum atomic E-state index is 5.40. The molecule has 0 aromatic carbocycles. The second-order valence-corrected chi connectivity index (χ2v) is 3.71. The Balaban J connectivity index is 2.15. The van der Waals surface area contributed by atoms with E-state index in [9.17, 15) is 0 Å². The van der Waals surface area contributed by atoms with Gasteiger partial charge in [-0.15, -0.1) is 0 Å². The first-order valence-corrected chi connectivity index (χ1v) is 5.59. The predicted octanol–water partition coefficient (Wildman–Crippen LogP) is 2.01. The van der Waals surface area contributed by atoms with E-state index in [1.165, 1.54) is 12.8 Å². The van der Waals surface area contributed by atoms with Crippen molar-refractivity contribution in [3.63, 3.8) is 0 Å². The number of rotatable bonds is 5.